The molecule has 0 aliphatic rings. The molecule has 0 aliphatic heterocycles. The molecule has 0 N–H and O–H groups in total. The van der Waals surface area contributed by atoms with Crippen molar-refractivity contribution in [3.8, 4) is 0 Å². The van der Waals surface area contributed by atoms with Crippen molar-refractivity contribution >= 4 is 34.4 Å². The molecule has 0 bridgehead atoms. The fourth-order valence-electron chi connectivity index (χ4n) is 2.99. The summed E-state index contributed by atoms with van der Waals surface area (Å²) in [7, 11) is 1.65. The zero-order valence-electron chi connectivity index (χ0n) is 15.4. The van der Waals surface area contributed by atoms with Gasteiger partial charge in [-0.25, -0.2) is 0 Å². The lowest BCUT2D eigenvalue weighted by atomic mass is 10.2. The van der Waals surface area contributed by atoms with Crippen LogP contribution >= 0.6 is 11.8 Å². The fraction of sp³-hybridized carbons (Fsp3) is 0.200. The summed E-state index contributed by atoms with van der Waals surface area (Å²) in [5, 5.41) is 8.43. The van der Waals surface area contributed by atoms with Crippen LogP contribution < -0.4 is 5.56 Å². The normalized spacial score (nSPS) is 12.4. The molecule has 28 heavy (non-hydrogen) atoms. The molecule has 1 unspecified atom stereocenters. The van der Waals surface area contributed by atoms with Crippen LogP contribution in [-0.2, 0) is 23.2 Å². The number of ether oxygens (including phenoxy) is 1. The van der Waals surface area contributed by atoms with Gasteiger partial charge in [-0.15, -0.1) is 22.0 Å². The number of nitrogens with zero attached hydrogens (tertiary/aromatic N) is 4. The van der Waals surface area contributed by atoms with Crippen molar-refractivity contribution in [2.45, 2.75) is 23.7 Å². The van der Waals surface area contributed by atoms with E-state index in [-0.39, 0.29) is 23.4 Å². The molecule has 1 atom stereocenters. The molecule has 0 spiro atoms. The Morgan fingerprint density at radius 2 is 1.82 bits per heavy atom. The maximum Gasteiger partial charge on any atom is 0.319 e. The van der Waals surface area contributed by atoms with Crippen molar-refractivity contribution in [1.29, 1.82) is 0 Å². The summed E-state index contributed by atoms with van der Waals surface area (Å²) in [6.45, 7) is 1.78. The molecule has 4 rings (SSSR count). The Morgan fingerprint density at radius 3 is 2.61 bits per heavy atom. The lowest BCUT2D eigenvalue weighted by molar-refractivity contribution is -0.144. The van der Waals surface area contributed by atoms with E-state index in [9.17, 15) is 9.59 Å². The first-order valence-electron chi connectivity index (χ1n) is 8.76. The van der Waals surface area contributed by atoms with Gasteiger partial charge in [0.15, 0.2) is 12.4 Å². The molecule has 0 amide bonds. The lowest BCUT2D eigenvalue weighted by Gasteiger charge is -2.11. The van der Waals surface area contributed by atoms with Crippen LogP contribution in [0.1, 0.15) is 12.7 Å². The number of hydrogen-bond donors (Lipinski definition) is 0. The second kappa shape index (κ2) is 7.47. The van der Waals surface area contributed by atoms with Gasteiger partial charge in [0.25, 0.3) is 5.56 Å². The van der Waals surface area contributed by atoms with Gasteiger partial charge in [0.05, 0.1) is 10.9 Å². The highest BCUT2D eigenvalue weighted by Gasteiger charge is 2.19. The van der Waals surface area contributed by atoms with Gasteiger partial charge in [0, 0.05) is 11.9 Å². The van der Waals surface area contributed by atoms with Crippen LogP contribution in [0.3, 0.4) is 0 Å². The Morgan fingerprint density at radius 1 is 1.11 bits per heavy atom. The van der Waals surface area contributed by atoms with Gasteiger partial charge in [0.2, 0.25) is 5.78 Å². The summed E-state index contributed by atoms with van der Waals surface area (Å²) in [6.07, 6.45) is 0. The van der Waals surface area contributed by atoms with Crippen LogP contribution in [0.2, 0.25) is 0 Å². The number of thioether (sulfide) groups is 1. The Kier molecular flexibility index (Phi) is 4.87. The van der Waals surface area contributed by atoms with Gasteiger partial charge < -0.3 is 4.74 Å². The minimum atomic E-state index is -0.359. The summed E-state index contributed by atoms with van der Waals surface area (Å²) in [5.41, 5.74) is 0.537. The number of para-hydroxylation sites is 1. The zero-order valence-corrected chi connectivity index (χ0v) is 16.2. The largest absolute Gasteiger partial charge is 0.457 e. The first-order chi connectivity index (χ1) is 13.6. The minimum absolute atomic E-state index is 0.0259. The standard InChI is InChI=1S/C20H18N4O3S/c1-13(28-14-8-4-3-5-9-14)19(26)27-12-17-21-22-20-23(2)18(25)15-10-6-7-11-16(15)24(17)20/h3-11,13H,12H2,1-2H3. The Balaban J connectivity index is 1.59. The molecular formula is C20H18N4O3S. The number of carbonyl (C=O) groups is 1. The highest BCUT2D eigenvalue weighted by molar-refractivity contribution is 8.00. The molecule has 2 aromatic heterocycles. The third-order valence-corrected chi connectivity index (χ3v) is 5.51. The number of aromatic nitrogens is 4. The molecule has 0 fully saturated rings. The molecule has 2 aromatic carbocycles. The van der Waals surface area contributed by atoms with Crippen molar-refractivity contribution in [3.63, 3.8) is 0 Å². The number of hydrogen-bond acceptors (Lipinski definition) is 6. The number of benzene rings is 2. The van der Waals surface area contributed by atoms with Crippen LogP contribution in [0.25, 0.3) is 16.7 Å². The summed E-state index contributed by atoms with van der Waals surface area (Å²) >= 11 is 1.44. The van der Waals surface area contributed by atoms with Crippen LogP contribution in [0.4, 0.5) is 0 Å². The van der Waals surface area contributed by atoms with E-state index in [0.29, 0.717) is 22.5 Å². The van der Waals surface area contributed by atoms with E-state index < -0.39 is 0 Å². The van der Waals surface area contributed by atoms with Crippen molar-refractivity contribution < 1.29 is 9.53 Å². The van der Waals surface area contributed by atoms with E-state index in [0.717, 1.165) is 4.90 Å². The maximum absolute atomic E-state index is 12.5. The third kappa shape index (κ3) is 3.27. The zero-order chi connectivity index (χ0) is 19.7. The van der Waals surface area contributed by atoms with Crippen molar-refractivity contribution in [1.82, 2.24) is 19.2 Å². The number of fused-ring (bicyclic) bond motifs is 3. The number of esters is 1. The number of aryl methyl sites for hydroxylation is 1. The van der Waals surface area contributed by atoms with E-state index >= 15 is 0 Å². The number of rotatable bonds is 5. The molecule has 0 aliphatic carbocycles. The summed E-state index contributed by atoms with van der Waals surface area (Å²) in [4.78, 5) is 25.9. The highest BCUT2D eigenvalue weighted by atomic mass is 32.2. The van der Waals surface area contributed by atoms with Gasteiger partial charge in [-0.05, 0) is 31.2 Å². The van der Waals surface area contributed by atoms with Crippen LogP contribution in [0.15, 0.2) is 64.3 Å². The topological polar surface area (TPSA) is 78.5 Å². The average molecular weight is 394 g/mol. The molecule has 0 saturated carbocycles. The smallest absolute Gasteiger partial charge is 0.319 e. The monoisotopic (exact) mass is 394 g/mol. The van der Waals surface area contributed by atoms with E-state index in [1.165, 1.54) is 16.3 Å². The second-order valence-corrected chi connectivity index (χ2v) is 7.73. The summed E-state index contributed by atoms with van der Waals surface area (Å²) < 4.78 is 8.67. The van der Waals surface area contributed by atoms with Crippen LogP contribution in [0, 0.1) is 0 Å². The lowest BCUT2D eigenvalue weighted by Crippen LogP contribution is -2.21. The molecule has 142 valence electrons. The molecule has 0 saturated heterocycles. The Hall–Kier alpha value is -3.13. The first kappa shape index (κ1) is 18.2. The van der Waals surface area contributed by atoms with E-state index in [2.05, 4.69) is 10.2 Å². The fourth-order valence-corrected chi connectivity index (χ4v) is 3.88. The van der Waals surface area contributed by atoms with Gasteiger partial charge in [-0.2, -0.15) is 0 Å². The molecule has 2 heterocycles. The van der Waals surface area contributed by atoms with Gasteiger partial charge in [-0.1, -0.05) is 30.3 Å². The Bertz CT molecular complexity index is 1220. The van der Waals surface area contributed by atoms with Gasteiger partial charge >= 0.3 is 5.97 Å². The predicted octanol–water partition coefficient (Wildman–Crippen LogP) is 2.81. The third-order valence-electron chi connectivity index (χ3n) is 4.42. The average Bonchev–Trinajstić information content (AvgIpc) is 3.15. The molecule has 7 nitrogen and oxygen atoms in total. The maximum atomic E-state index is 12.5. The van der Waals surface area contributed by atoms with Crippen LogP contribution in [-0.4, -0.2) is 30.4 Å². The minimum Gasteiger partial charge on any atom is -0.457 e. The highest BCUT2D eigenvalue weighted by Crippen LogP contribution is 2.24. The van der Waals surface area contributed by atoms with Crippen molar-refractivity contribution in [3.05, 3.63) is 70.8 Å². The van der Waals surface area contributed by atoms with Crippen molar-refractivity contribution in [2.24, 2.45) is 7.05 Å². The SMILES string of the molecule is CC(Sc1ccccc1)C(=O)OCc1nnc2n(C)c(=O)c3ccccc3n12. The van der Waals surface area contributed by atoms with Crippen molar-refractivity contribution in [2.75, 3.05) is 0 Å². The number of carbonyl (C=O) groups excluding carboxylic acids is 1. The van der Waals surface area contributed by atoms with E-state index in [1.807, 2.05) is 48.5 Å². The second-order valence-electron chi connectivity index (χ2n) is 6.31. The molecular weight excluding hydrogens is 376 g/mol. The van der Waals surface area contributed by atoms with E-state index in [4.69, 9.17) is 4.74 Å². The van der Waals surface area contributed by atoms with Gasteiger partial charge in [-0.3, -0.25) is 18.6 Å². The molecule has 8 heteroatoms. The van der Waals surface area contributed by atoms with Gasteiger partial charge in [0.1, 0.15) is 5.25 Å². The van der Waals surface area contributed by atoms with Crippen LogP contribution in [0.5, 0.6) is 0 Å². The molecule has 0 radical (unpaired) electrons. The summed E-state index contributed by atoms with van der Waals surface area (Å²) in [6, 6.07) is 16.9. The summed E-state index contributed by atoms with van der Waals surface area (Å²) in [5.74, 6) is 0.535. The van der Waals surface area contributed by atoms with E-state index in [1.54, 1.807) is 24.4 Å². The quantitative estimate of drug-likeness (QED) is 0.383. The first-order valence-corrected chi connectivity index (χ1v) is 9.64. The predicted molar refractivity (Wildman–Crippen MR) is 107 cm³/mol. The Labute approximate surface area is 165 Å². The molecule has 4 aromatic rings.